The van der Waals surface area contributed by atoms with Crippen molar-refractivity contribution in [1.29, 1.82) is 0 Å². The summed E-state index contributed by atoms with van der Waals surface area (Å²) in [5.74, 6) is -1.60. The first kappa shape index (κ1) is 22.4. The number of rotatable bonds is 5. The van der Waals surface area contributed by atoms with Gasteiger partial charge < -0.3 is 0 Å². The summed E-state index contributed by atoms with van der Waals surface area (Å²) in [5, 5.41) is 11.8. The van der Waals surface area contributed by atoms with E-state index in [2.05, 4.69) is 35.2 Å². The molecule has 0 aliphatic heterocycles. The van der Waals surface area contributed by atoms with Crippen LogP contribution in [0.1, 0.15) is 56.8 Å². The van der Waals surface area contributed by atoms with E-state index >= 15 is 8.78 Å². The molecule has 0 radical (unpaired) electrons. The van der Waals surface area contributed by atoms with Crippen LogP contribution in [0.2, 0.25) is 5.02 Å². The zero-order valence-corrected chi connectivity index (χ0v) is 22.4. The van der Waals surface area contributed by atoms with Crippen LogP contribution in [-0.2, 0) is 6.98 Å². The third-order valence-electron chi connectivity index (χ3n) is 6.85. The van der Waals surface area contributed by atoms with Gasteiger partial charge in [0.25, 0.3) is 5.56 Å². The van der Waals surface area contributed by atoms with E-state index < -0.39 is 24.2 Å². The minimum Gasteiger partial charge on any atom is -0.267 e. The second-order valence-electron chi connectivity index (χ2n) is 9.57. The van der Waals surface area contributed by atoms with Crippen LogP contribution in [0.4, 0.5) is 8.78 Å². The molecule has 0 unspecified atom stereocenters. The van der Waals surface area contributed by atoms with Crippen LogP contribution in [0.15, 0.2) is 29.5 Å². The molecule has 0 saturated heterocycles. The van der Waals surface area contributed by atoms with Gasteiger partial charge in [0.2, 0.25) is 0 Å². The summed E-state index contributed by atoms with van der Waals surface area (Å²) in [6.45, 7) is 3.86. The number of pyridine rings is 2. The first-order chi connectivity index (χ1) is 20.3. The predicted molar refractivity (Wildman–Crippen MR) is 141 cm³/mol. The highest BCUT2D eigenvalue weighted by Gasteiger charge is 2.44. The second-order valence-corrected chi connectivity index (χ2v) is 9.95. The number of hydrogen-bond acceptors (Lipinski definition) is 8. The van der Waals surface area contributed by atoms with Gasteiger partial charge in [0.1, 0.15) is 28.2 Å². The highest BCUT2D eigenvalue weighted by Crippen LogP contribution is 2.54. The van der Waals surface area contributed by atoms with Crippen LogP contribution in [-0.4, -0.2) is 49.3 Å². The summed E-state index contributed by atoms with van der Waals surface area (Å²) in [4.78, 5) is 31.2. The lowest BCUT2D eigenvalue weighted by molar-refractivity contribution is 0.587. The van der Waals surface area contributed by atoms with Crippen molar-refractivity contribution in [2.75, 3.05) is 0 Å². The van der Waals surface area contributed by atoms with E-state index in [0.29, 0.717) is 39.8 Å². The fourth-order valence-electron chi connectivity index (χ4n) is 4.92. The van der Waals surface area contributed by atoms with Gasteiger partial charge >= 0.3 is 0 Å². The van der Waals surface area contributed by atoms with Gasteiger partial charge in [-0.3, -0.25) is 14.3 Å². The molecule has 5 heterocycles. The molecule has 40 heavy (non-hydrogen) atoms. The van der Waals surface area contributed by atoms with Crippen LogP contribution in [0, 0.1) is 39.3 Å². The van der Waals surface area contributed by atoms with Gasteiger partial charge in [0.15, 0.2) is 17.5 Å². The topological polar surface area (TPSA) is 122 Å². The highest BCUT2D eigenvalue weighted by molar-refractivity contribution is 6.31. The van der Waals surface area contributed by atoms with E-state index in [1.165, 1.54) is 36.3 Å². The Morgan fingerprint density at radius 1 is 1.02 bits per heavy atom. The van der Waals surface area contributed by atoms with E-state index in [0.717, 1.165) is 4.57 Å². The van der Waals surface area contributed by atoms with Crippen LogP contribution < -0.4 is 5.56 Å². The molecule has 0 amide bonds. The molecular formula is C26H23ClF2N10O. The molecule has 1 fully saturated rings. The molecule has 11 nitrogen and oxygen atoms in total. The third kappa shape index (κ3) is 4.08. The van der Waals surface area contributed by atoms with Crippen molar-refractivity contribution in [2.45, 2.75) is 46.0 Å². The Hall–Kier alpha value is -4.39. The molecule has 1 saturated carbocycles. The van der Waals surface area contributed by atoms with Gasteiger partial charge in [0, 0.05) is 40.9 Å². The smallest absolute Gasteiger partial charge is 0.267 e. The number of aromatic nitrogens is 10. The summed E-state index contributed by atoms with van der Waals surface area (Å²) in [5.41, 5.74) is -0.399. The molecule has 14 heteroatoms. The van der Waals surface area contributed by atoms with E-state index in [9.17, 15) is 4.79 Å². The van der Waals surface area contributed by atoms with Crippen molar-refractivity contribution in [1.82, 2.24) is 49.3 Å². The number of nitrogens with zero attached hydrogens (tertiary/aromatic N) is 10. The molecule has 1 aliphatic carbocycles. The average molecular weight is 568 g/mol. The Balaban J connectivity index is 1.41. The van der Waals surface area contributed by atoms with Crippen molar-refractivity contribution in [2.24, 2.45) is 6.98 Å². The van der Waals surface area contributed by atoms with Crippen LogP contribution in [0.25, 0.3) is 22.8 Å². The van der Waals surface area contributed by atoms with E-state index in [1.807, 2.05) is 0 Å². The fourth-order valence-corrected chi connectivity index (χ4v) is 5.18. The minimum atomic E-state index is -2.52. The Bertz CT molecular complexity index is 1990. The van der Waals surface area contributed by atoms with Gasteiger partial charge in [0.05, 0.1) is 23.3 Å². The summed E-state index contributed by atoms with van der Waals surface area (Å²) in [6.07, 6.45) is 4.52. The van der Waals surface area contributed by atoms with Crippen molar-refractivity contribution >= 4 is 11.6 Å². The van der Waals surface area contributed by atoms with Gasteiger partial charge in [-0.15, -0.1) is 5.10 Å². The maximum absolute atomic E-state index is 16.3. The summed E-state index contributed by atoms with van der Waals surface area (Å²) in [7, 11) is 0. The third-order valence-corrected chi connectivity index (χ3v) is 7.21. The molecule has 0 N–H and O–H groups in total. The van der Waals surface area contributed by atoms with Gasteiger partial charge in [-0.2, -0.15) is 19.7 Å². The second kappa shape index (κ2) is 9.37. The maximum atomic E-state index is 16.3. The molecule has 1 aliphatic rings. The zero-order valence-electron chi connectivity index (χ0n) is 24.7. The van der Waals surface area contributed by atoms with E-state index in [4.69, 9.17) is 15.7 Å². The van der Waals surface area contributed by atoms with Crippen molar-refractivity contribution in [3.63, 3.8) is 0 Å². The normalized spacial score (nSPS) is 17.9. The lowest BCUT2D eigenvalue weighted by Crippen LogP contribution is -2.26. The zero-order chi connectivity index (χ0) is 31.0. The van der Waals surface area contributed by atoms with E-state index in [1.54, 1.807) is 20.8 Å². The van der Waals surface area contributed by atoms with Crippen molar-refractivity contribution < 1.29 is 12.9 Å². The molecule has 5 aromatic rings. The van der Waals surface area contributed by atoms with E-state index in [-0.39, 0.29) is 45.4 Å². The monoisotopic (exact) mass is 567 g/mol. The molecule has 2 atom stereocenters. The Labute approximate surface area is 235 Å². The maximum Gasteiger partial charge on any atom is 0.277 e. The molecule has 0 spiro atoms. The highest BCUT2D eigenvalue weighted by atomic mass is 35.5. The van der Waals surface area contributed by atoms with Gasteiger partial charge in [-0.1, -0.05) is 11.6 Å². The Kier molecular flexibility index (Phi) is 5.25. The lowest BCUT2D eigenvalue weighted by atomic mass is 10.1. The van der Waals surface area contributed by atoms with Crippen LogP contribution >= 0.6 is 11.6 Å². The number of aryl methyl sites for hydroxylation is 5. The first-order valence-corrected chi connectivity index (χ1v) is 12.6. The molecule has 0 aromatic carbocycles. The van der Waals surface area contributed by atoms with Gasteiger partial charge in [-0.05, 0) is 45.7 Å². The fraction of sp³-hybridized carbons (Fsp3) is 0.308. The SMILES string of the molecule is [2H]C([2H])([2H])n1ncc([C@H]2C[C@@H]2c2nc(C)n(-c3c(C)cnc(-c4ccnc(-n5nc(C)nc5C)c4F)c3F)c(=O)c2Cl)n1. The lowest BCUT2D eigenvalue weighted by Gasteiger charge is -2.17. The average Bonchev–Trinajstić information content (AvgIpc) is 3.40. The number of hydrogen-bond donors (Lipinski definition) is 0. The summed E-state index contributed by atoms with van der Waals surface area (Å²) >= 11 is 6.53. The minimum absolute atomic E-state index is 0.143. The molecule has 0 bridgehead atoms. The largest absolute Gasteiger partial charge is 0.277 e. The summed E-state index contributed by atoms with van der Waals surface area (Å²) in [6, 6.07) is 1.28. The van der Waals surface area contributed by atoms with Crippen LogP contribution in [0.5, 0.6) is 0 Å². The summed E-state index contributed by atoms with van der Waals surface area (Å²) < 4.78 is 56.7. The quantitative estimate of drug-likeness (QED) is 0.314. The number of halogens is 3. The van der Waals surface area contributed by atoms with Gasteiger partial charge in [-0.25, -0.2) is 23.7 Å². The Morgan fingerprint density at radius 3 is 2.52 bits per heavy atom. The standard InChI is InChI=1S/C26H23ClF2N10O/c1-11-9-31-23(15-6-7-30-25(20(15)28)39-14(4)33-12(2)35-39)21(29)24(11)38-13(3)34-22(19(27)26(38)40)17-8-16(17)18-10-32-37(5)36-18/h6-7,9-10,16-17H,8H2,1-5H3/t16-,17-/m0/s1/i5D3. The van der Waals surface area contributed by atoms with Crippen molar-refractivity contribution in [3.05, 3.63) is 86.1 Å². The Morgan fingerprint density at radius 2 is 1.82 bits per heavy atom. The molecule has 204 valence electrons. The predicted octanol–water partition coefficient (Wildman–Crippen LogP) is 3.84. The van der Waals surface area contributed by atoms with Crippen LogP contribution in [0.3, 0.4) is 0 Å². The molecular weight excluding hydrogens is 542 g/mol. The molecule has 5 aromatic heterocycles. The van der Waals surface area contributed by atoms with Crippen molar-refractivity contribution in [3.8, 4) is 22.8 Å². The molecule has 6 rings (SSSR count). The first-order valence-electron chi connectivity index (χ1n) is 13.7.